The number of carboxylic acids is 1. The van der Waals surface area contributed by atoms with Crippen molar-refractivity contribution in [3.05, 3.63) is 17.8 Å². The zero-order valence-electron chi connectivity index (χ0n) is 8.99. The molecule has 0 bridgehead atoms. The number of aliphatic carboxylic acids is 1. The van der Waals surface area contributed by atoms with Gasteiger partial charge in [-0.15, -0.1) is 0 Å². The van der Waals surface area contributed by atoms with Gasteiger partial charge in [0.1, 0.15) is 5.76 Å². The lowest BCUT2D eigenvalue weighted by molar-refractivity contribution is -0.137. The van der Waals surface area contributed by atoms with Crippen molar-refractivity contribution in [3.8, 4) is 0 Å². The van der Waals surface area contributed by atoms with Crippen molar-refractivity contribution in [3.63, 3.8) is 0 Å². The van der Waals surface area contributed by atoms with Crippen LogP contribution in [0.5, 0.6) is 0 Å². The monoisotopic (exact) mass is 209 g/mol. The third kappa shape index (κ3) is 2.03. The lowest BCUT2D eigenvalue weighted by atomic mass is 9.72. The fourth-order valence-electron chi connectivity index (χ4n) is 2.39. The predicted molar refractivity (Wildman–Crippen MR) is 53.6 cm³/mol. The molecule has 2 rings (SSSR count). The van der Waals surface area contributed by atoms with E-state index in [4.69, 9.17) is 9.52 Å². The van der Waals surface area contributed by atoms with Gasteiger partial charge in [-0.05, 0) is 11.8 Å². The van der Waals surface area contributed by atoms with Gasteiger partial charge in [0.05, 0.1) is 12.1 Å². The Kier molecular flexibility index (Phi) is 2.29. The summed E-state index contributed by atoms with van der Waals surface area (Å²) in [7, 11) is 0. The Morgan fingerprint density at radius 2 is 2.47 bits per heavy atom. The summed E-state index contributed by atoms with van der Waals surface area (Å²) in [6.07, 6.45) is 3.27. The van der Waals surface area contributed by atoms with Gasteiger partial charge in [0.25, 0.3) is 0 Å². The molecule has 1 aromatic heterocycles. The van der Waals surface area contributed by atoms with Crippen LogP contribution in [0.1, 0.15) is 44.1 Å². The number of carbonyl (C=O) groups is 1. The second-order valence-corrected chi connectivity index (χ2v) is 5.00. The van der Waals surface area contributed by atoms with E-state index in [0.717, 1.165) is 24.3 Å². The summed E-state index contributed by atoms with van der Waals surface area (Å²) >= 11 is 0. The van der Waals surface area contributed by atoms with Crippen LogP contribution < -0.4 is 0 Å². The summed E-state index contributed by atoms with van der Waals surface area (Å²) in [5.74, 6) is 0.0872. The Balaban J connectivity index is 2.29. The molecule has 0 fully saturated rings. The van der Waals surface area contributed by atoms with Crippen LogP contribution in [0.4, 0.5) is 0 Å². The van der Waals surface area contributed by atoms with E-state index in [1.165, 1.54) is 6.39 Å². The van der Waals surface area contributed by atoms with Gasteiger partial charge in [0.15, 0.2) is 6.39 Å². The second-order valence-electron chi connectivity index (χ2n) is 5.00. The topological polar surface area (TPSA) is 63.3 Å². The van der Waals surface area contributed by atoms with Crippen molar-refractivity contribution in [1.29, 1.82) is 0 Å². The zero-order chi connectivity index (χ0) is 11.1. The van der Waals surface area contributed by atoms with E-state index < -0.39 is 5.97 Å². The molecule has 4 heteroatoms. The molecule has 1 aliphatic rings. The number of aromatic nitrogens is 1. The molecule has 1 heterocycles. The maximum absolute atomic E-state index is 10.8. The smallest absolute Gasteiger partial charge is 0.304 e. The van der Waals surface area contributed by atoms with Crippen LogP contribution in [0.15, 0.2) is 10.8 Å². The van der Waals surface area contributed by atoms with Crippen LogP contribution in [0.3, 0.4) is 0 Å². The molecule has 0 aromatic carbocycles. The van der Waals surface area contributed by atoms with Gasteiger partial charge in [-0.2, -0.15) is 0 Å². The highest BCUT2D eigenvalue weighted by Crippen LogP contribution is 2.42. The largest absolute Gasteiger partial charge is 0.481 e. The quantitative estimate of drug-likeness (QED) is 0.811. The Hall–Kier alpha value is -1.32. The Morgan fingerprint density at radius 1 is 1.73 bits per heavy atom. The molecular weight excluding hydrogens is 194 g/mol. The average molecular weight is 209 g/mol. The summed E-state index contributed by atoms with van der Waals surface area (Å²) in [6, 6.07) is 0. The first-order valence-corrected chi connectivity index (χ1v) is 5.12. The lowest BCUT2D eigenvalue weighted by Gasteiger charge is -2.32. The fraction of sp³-hybridized carbons (Fsp3) is 0.636. The van der Waals surface area contributed by atoms with Gasteiger partial charge in [0.2, 0.25) is 0 Å². The third-order valence-electron chi connectivity index (χ3n) is 2.92. The van der Waals surface area contributed by atoms with Gasteiger partial charge in [0, 0.05) is 12.3 Å². The van der Waals surface area contributed by atoms with Crippen molar-refractivity contribution in [1.82, 2.24) is 4.98 Å². The van der Waals surface area contributed by atoms with Gasteiger partial charge >= 0.3 is 5.97 Å². The van der Waals surface area contributed by atoms with E-state index in [1.54, 1.807) is 0 Å². The molecule has 82 valence electrons. The highest BCUT2D eigenvalue weighted by molar-refractivity contribution is 5.68. The highest BCUT2D eigenvalue weighted by Gasteiger charge is 2.36. The first kappa shape index (κ1) is 10.2. The van der Waals surface area contributed by atoms with E-state index in [0.29, 0.717) is 0 Å². The predicted octanol–water partition coefficient (Wildman–Crippen LogP) is 2.21. The van der Waals surface area contributed by atoms with E-state index in [-0.39, 0.29) is 17.8 Å². The number of carboxylic acid groups (broad SMARTS) is 1. The van der Waals surface area contributed by atoms with Crippen LogP contribution in [-0.2, 0) is 11.2 Å². The molecule has 1 aromatic rings. The highest BCUT2D eigenvalue weighted by atomic mass is 16.4. The van der Waals surface area contributed by atoms with E-state index in [2.05, 4.69) is 18.8 Å². The van der Waals surface area contributed by atoms with E-state index in [1.807, 2.05) is 0 Å². The average Bonchev–Trinajstić information content (AvgIpc) is 2.48. The Bertz CT molecular complexity index is 381. The number of rotatable bonds is 2. The summed E-state index contributed by atoms with van der Waals surface area (Å²) in [6.45, 7) is 4.26. The van der Waals surface area contributed by atoms with Gasteiger partial charge < -0.3 is 9.52 Å². The Morgan fingerprint density at radius 3 is 3.13 bits per heavy atom. The van der Waals surface area contributed by atoms with Crippen LogP contribution in [0.2, 0.25) is 0 Å². The van der Waals surface area contributed by atoms with Crippen LogP contribution >= 0.6 is 0 Å². The first-order chi connectivity index (χ1) is 6.98. The molecule has 0 spiro atoms. The molecule has 1 aliphatic carbocycles. The minimum atomic E-state index is -0.772. The maximum atomic E-state index is 10.8. The molecule has 0 aliphatic heterocycles. The number of fused-ring (bicyclic) bond motifs is 1. The molecule has 15 heavy (non-hydrogen) atoms. The molecular formula is C11H15NO3. The van der Waals surface area contributed by atoms with Crippen molar-refractivity contribution >= 4 is 5.97 Å². The standard InChI is InChI=1S/C11H15NO3/c1-11(2)4-7(3-9(13)14)10-8(5-11)15-6-12-10/h6-7H,3-5H2,1-2H3,(H,13,14). The summed E-state index contributed by atoms with van der Waals surface area (Å²) in [5, 5.41) is 8.84. The normalized spacial score (nSPS) is 23.5. The number of hydrogen-bond acceptors (Lipinski definition) is 3. The number of nitrogens with zero attached hydrogens (tertiary/aromatic N) is 1. The van der Waals surface area contributed by atoms with Crippen molar-refractivity contribution in [2.45, 2.75) is 39.0 Å². The molecule has 0 radical (unpaired) electrons. The molecule has 0 saturated heterocycles. The molecule has 1 atom stereocenters. The summed E-state index contributed by atoms with van der Waals surface area (Å²) in [4.78, 5) is 14.9. The van der Waals surface area contributed by atoms with Crippen molar-refractivity contribution in [2.24, 2.45) is 5.41 Å². The molecule has 4 nitrogen and oxygen atoms in total. The summed E-state index contributed by atoms with van der Waals surface area (Å²) in [5.41, 5.74) is 0.948. The number of oxazole rings is 1. The molecule has 0 saturated carbocycles. The second kappa shape index (κ2) is 3.36. The number of hydrogen-bond donors (Lipinski definition) is 1. The maximum Gasteiger partial charge on any atom is 0.304 e. The van der Waals surface area contributed by atoms with Gasteiger partial charge in [-0.3, -0.25) is 4.79 Å². The minimum absolute atomic E-state index is 0.000000000000000444. The van der Waals surface area contributed by atoms with Crippen molar-refractivity contribution < 1.29 is 14.3 Å². The molecule has 1 unspecified atom stereocenters. The van der Waals surface area contributed by atoms with Crippen LogP contribution in [0.25, 0.3) is 0 Å². The fourth-order valence-corrected chi connectivity index (χ4v) is 2.39. The Labute approximate surface area is 88.3 Å². The SMILES string of the molecule is CC1(C)Cc2ocnc2C(CC(=O)O)C1. The minimum Gasteiger partial charge on any atom is -0.481 e. The van der Waals surface area contributed by atoms with Gasteiger partial charge in [-0.1, -0.05) is 13.8 Å². The van der Waals surface area contributed by atoms with Crippen LogP contribution in [0, 0.1) is 5.41 Å². The first-order valence-electron chi connectivity index (χ1n) is 5.12. The van der Waals surface area contributed by atoms with E-state index in [9.17, 15) is 4.79 Å². The zero-order valence-corrected chi connectivity index (χ0v) is 8.99. The van der Waals surface area contributed by atoms with Gasteiger partial charge in [-0.25, -0.2) is 4.98 Å². The third-order valence-corrected chi connectivity index (χ3v) is 2.92. The molecule has 0 amide bonds. The lowest BCUT2D eigenvalue weighted by Crippen LogP contribution is -2.26. The molecule has 1 N–H and O–H groups in total. The van der Waals surface area contributed by atoms with E-state index >= 15 is 0 Å². The summed E-state index contributed by atoms with van der Waals surface area (Å²) < 4.78 is 5.30. The van der Waals surface area contributed by atoms with Crippen LogP contribution in [-0.4, -0.2) is 16.1 Å². The van der Waals surface area contributed by atoms with Crippen molar-refractivity contribution in [2.75, 3.05) is 0 Å².